The highest BCUT2D eigenvalue weighted by Gasteiger charge is 2.10. The molecule has 0 aliphatic heterocycles. The molecule has 0 saturated heterocycles. The van der Waals surface area contributed by atoms with Gasteiger partial charge in [0.2, 0.25) is 0 Å². The molecule has 0 aliphatic rings. The summed E-state index contributed by atoms with van der Waals surface area (Å²) in [6.45, 7) is 3.81. The number of carbonyl (C=O) groups excluding carboxylic acids is 1. The van der Waals surface area contributed by atoms with E-state index in [-0.39, 0.29) is 12.5 Å². The monoisotopic (exact) mass is 471 g/mol. The second-order valence-corrected chi connectivity index (χ2v) is 7.88. The van der Waals surface area contributed by atoms with Gasteiger partial charge in [0.15, 0.2) is 18.1 Å². The van der Waals surface area contributed by atoms with Crippen LogP contribution in [0.15, 0.2) is 59.7 Å². The number of anilines is 2. The van der Waals surface area contributed by atoms with E-state index in [9.17, 15) is 4.79 Å². The van der Waals surface area contributed by atoms with Crippen LogP contribution in [0.3, 0.4) is 0 Å². The molecule has 1 amide bonds. The van der Waals surface area contributed by atoms with Crippen molar-refractivity contribution in [3.05, 3.63) is 81.3 Å². The first-order chi connectivity index (χ1) is 15.4. The van der Waals surface area contributed by atoms with Crippen molar-refractivity contribution < 1.29 is 14.3 Å². The fraction of sp³-hybridized carbons (Fsp3) is 0.167. The van der Waals surface area contributed by atoms with Crippen LogP contribution in [0.4, 0.5) is 11.4 Å². The highest BCUT2D eigenvalue weighted by Crippen LogP contribution is 2.28. The van der Waals surface area contributed by atoms with Crippen molar-refractivity contribution in [2.45, 2.75) is 13.8 Å². The summed E-state index contributed by atoms with van der Waals surface area (Å²) in [6, 6.07) is 16.3. The molecule has 0 fully saturated rings. The van der Waals surface area contributed by atoms with Crippen molar-refractivity contribution in [1.82, 2.24) is 0 Å². The lowest BCUT2D eigenvalue weighted by molar-refractivity contribution is -0.118. The first-order valence-electron chi connectivity index (χ1n) is 9.78. The lowest BCUT2D eigenvalue weighted by Gasteiger charge is -2.12. The van der Waals surface area contributed by atoms with Gasteiger partial charge in [0.05, 0.1) is 29.1 Å². The van der Waals surface area contributed by atoms with Crippen molar-refractivity contribution in [3.8, 4) is 11.5 Å². The molecule has 0 unspecified atom stereocenters. The summed E-state index contributed by atoms with van der Waals surface area (Å²) in [5, 5.41) is 7.96. The molecule has 32 heavy (non-hydrogen) atoms. The number of ether oxygens (including phenoxy) is 2. The molecular weight excluding hydrogens is 449 g/mol. The number of methoxy groups -OCH3 is 1. The predicted molar refractivity (Wildman–Crippen MR) is 131 cm³/mol. The molecule has 3 aromatic rings. The summed E-state index contributed by atoms with van der Waals surface area (Å²) in [4.78, 5) is 12.3. The smallest absolute Gasteiger partial charge is 0.262 e. The van der Waals surface area contributed by atoms with E-state index in [0.717, 1.165) is 22.4 Å². The van der Waals surface area contributed by atoms with Gasteiger partial charge in [0.1, 0.15) is 0 Å². The van der Waals surface area contributed by atoms with Crippen LogP contribution in [-0.2, 0) is 4.79 Å². The Labute approximate surface area is 197 Å². The molecule has 6 nitrogen and oxygen atoms in total. The van der Waals surface area contributed by atoms with Gasteiger partial charge in [-0.2, -0.15) is 5.10 Å². The van der Waals surface area contributed by atoms with Gasteiger partial charge in [0, 0.05) is 5.69 Å². The van der Waals surface area contributed by atoms with E-state index in [2.05, 4.69) is 15.8 Å². The zero-order valence-electron chi connectivity index (χ0n) is 17.9. The van der Waals surface area contributed by atoms with Crippen LogP contribution in [0.5, 0.6) is 11.5 Å². The van der Waals surface area contributed by atoms with Crippen LogP contribution in [0.2, 0.25) is 10.0 Å². The van der Waals surface area contributed by atoms with E-state index in [1.807, 2.05) is 32.0 Å². The third kappa shape index (κ3) is 6.39. The molecule has 3 rings (SSSR count). The van der Waals surface area contributed by atoms with E-state index in [4.69, 9.17) is 32.7 Å². The van der Waals surface area contributed by atoms with Crippen molar-refractivity contribution in [2.75, 3.05) is 24.5 Å². The third-order valence-electron chi connectivity index (χ3n) is 4.53. The number of rotatable bonds is 8. The molecular formula is C24H23Cl2N3O3. The van der Waals surface area contributed by atoms with E-state index in [1.165, 1.54) is 7.11 Å². The van der Waals surface area contributed by atoms with Crippen molar-refractivity contribution in [3.63, 3.8) is 0 Å². The fourth-order valence-electron chi connectivity index (χ4n) is 2.91. The Balaban J connectivity index is 1.59. The number of hydrogen-bond acceptors (Lipinski definition) is 5. The molecule has 0 bridgehead atoms. The summed E-state index contributed by atoms with van der Waals surface area (Å²) < 4.78 is 11.0. The third-order valence-corrected chi connectivity index (χ3v) is 5.27. The van der Waals surface area contributed by atoms with Crippen LogP contribution in [-0.4, -0.2) is 25.8 Å². The Kier molecular flexibility index (Phi) is 7.98. The van der Waals surface area contributed by atoms with Gasteiger partial charge in [-0.05, 0) is 67.4 Å². The molecule has 0 saturated carbocycles. The highest BCUT2D eigenvalue weighted by atomic mass is 35.5. The summed E-state index contributed by atoms with van der Waals surface area (Å²) in [5.74, 6) is 0.691. The molecule has 0 heterocycles. The molecule has 0 radical (unpaired) electrons. The van der Waals surface area contributed by atoms with Crippen LogP contribution >= 0.6 is 23.2 Å². The second-order valence-electron chi connectivity index (χ2n) is 7.06. The SMILES string of the molecule is COc1cc(C=NNc2ccc(Cl)c(Cl)c2)ccc1OCC(=O)Nc1ccc(C)cc1C. The van der Waals surface area contributed by atoms with Crippen LogP contribution in [0.25, 0.3) is 0 Å². The Bertz CT molecular complexity index is 1150. The minimum atomic E-state index is -0.254. The Morgan fingerprint density at radius 2 is 1.81 bits per heavy atom. The van der Waals surface area contributed by atoms with Crippen molar-refractivity contribution in [1.29, 1.82) is 0 Å². The number of benzene rings is 3. The molecule has 0 atom stereocenters. The number of nitrogens with one attached hydrogen (secondary N) is 2. The van der Waals surface area contributed by atoms with Crippen LogP contribution in [0.1, 0.15) is 16.7 Å². The van der Waals surface area contributed by atoms with Crippen LogP contribution < -0.4 is 20.2 Å². The quantitative estimate of drug-likeness (QED) is 0.308. The number of nitrogens with zero attached hydrogens (tertiary/aromatic N) is 1. The molecule has 0 aliphatic carbocycles. The van der Waals surface area contributed by atoms with Gasteiger partial charge in [-0.3, -0.25) is 10.2 Å². The topological polar surface area (TPSA) is 71.9 Å². The largest absolute Gasteiger partial charge is 0.493 e. The summed E-state index contributed by atoms with van der Waals surface area (Å²) >= 11 is 11.9. The normalized spacial score (nSPS) is 10.8. The maximum atomic E-state index is 12.3. The molecule has 0 aromatic heterocycles. The standard InChI is InChI=1S/C24H23Cl2N3O3/c1-15-4-8-21(16(2)10-15)28-24(30)14-32-22-9-5-17(11-23(22)31-3)13-27-29-18-6-7-19(25)20(26)12-18/h4-13,29H,14H2,1-3H3,(H,28,30). The van der Waals surface area contributed by atoms with E-state index >= 15 is 0 Å². The lowest BCUT2D eigenvalue weighted by Crippen LogP contribution is -2.20. The molecule has 2 N–H and O–H groups in total. The summed E-state index contributed by atoms with van der Waals surface area (Å²) in [6.07, 6.45) is 1.63. The zero-order chi connectivity index (χ0) is 23.1. The van der Waals surface area contributed by atoms with Gasteiger partial charge >= 0.3 is 0 Å². The maximum absolute atomic E-state index is 12.3. The Hall–Kier alpha value is -3.22. The highest BCUT2D eigenvalue weighted by molar-refractivity contribution is 6.42. The number of halogens is 2. The van der Waals surface area contributed by atoms with Gasteiger partial charge in [-0.15, -0.1) is 0 Å². The maximum Gasteiger partial charge on any atom is 0.262 e. The molecule has 3 aromatic carbocycles. The van der Waals surface area contributed by atoms with Gasteiger partial charge in [-0.25, -0.2) is 0 Å². The number of carbonyl (C=O) groups is 1. The fourth-order valence-corrected chi connectivity index (χ4v) is 3.21. The minimum absolute atomic E-state index is 0.143. The number of aryl methyl sites for hydroxylation is 2. The number of amides is 1. The van der Waals surface area contributed by atoms with Crippen molar-refractivity contribution in [2.24, 2.45) is 5.10 Å². The van der Waals surface area contributed by atoms with E-state index < -0.39 is 0 Å². The first-order valence-corrected chi connectivity index (χ1v) is 10.5. The van der Waals surface area contributed by atoms with Gasteiger partial charge < -0.3 is 14.8 Å². The van der Waals surface area contributed by atoms with Crippen LogP contribution in [0, 0.1) is 13.8 Å². The summed E-state index contributed by atoms with van der Waals surface area (Å²) in [7, 11) is 1.53. The Morgan fingerprint density at radius 3 is 2.53 bits per heavy atom. The Morgan fingerprint density at radius 1 is 1.00 bits per heavy atom. The average Bonchev–Trinajstić information content (AvgIpc) is 2.77. The predicted octanol–water partition coefficient (Wildman–Crippen LogP) is 6.08. The molecule has 8 heteroatoms. The average molecular weight is 472 g/mol. The van der Waals surface area contributed by atoms with E-state index in [1.54, 1.807) is 42.6 Å². The molecule has 166 valence electrons. The first kappa shape index (κ1) is 23.4. The number of hydrazone groups is 1. The second kappa shape index (κ2) is 10.9. The number of hydrogen-bond donors (Lipinski definition) is 2. The molecule has 0 spiro atoms. The minimum Gasteiger partial charge on any atom is -0.493 e. The lowest BCUT2D eigenvalue weighted by atomic mass is 10.1. The van der Waals surface area contributed by atoms with E-state index in [0.29, 0.717) is 27.2 Å². The summed E-state index contributed by atoms with van der Waals surface area (Å²) in [5.41, 5.74) is 7.26. The van der Waals surface area contributed by atoms with Gasteiger partial charge in [0.25, 0.3) is 5.91 Å². The van der Waals surface area contributed by atoms with Gasteiger partial charge in [-0.1, -0.05) is 40.9 Å². The zero-order valence-corrected chi connectivity index (χ0v) is 19.4. The van der Waals surface area contributed by atoms with Crippen molar-refractivity contribution >= 4 is 46.7 Å².